The topological polar surface area (TPSA) is 63.0 Å². The molecule has 0 amide bonds. The van der Waals surface area contributed by atoms with Crippen LogP contribution >= 0.6 is 0 Å². The fourth-order valence-corrected chi connectivity index (χ4v) is 2.28. The van der Waals surface area contributed by atoms with Crippen molar-refractivity contribution in [2.75, 3.05) is 20.8 Å². The molecular weight excluding hydrogens is 246 g/mol. The molecule has 1 aromatic carbocycles. The molecule has 2 rings (SSSR count). The number of benzene rings is 1. The molecule has 0 spiro atoms. The molecule has 1 aliphatic rings. The highest BCUT2D eigenvalue weighted by Gasteiger charge is 2.33. The van der Waals surface area contributed by atoms with Gasteiger partial charge in [-0.3, -0.25) is 0 Å². The molecule has 1 fully saturated rings. The van der Waals surface area contributed by atoms with Crippen LogP contribution in [0.5, 0.6) is 11.5 Å². The van der Waals surface area contributed by atoms with Crippen molar-refractivity contribution in [2.45, 2.75) is 25.4 Å². The van der Waals surface area contributed by atoms with Gasteiger partial charge >= 0.3 is 0 Å². The summed E-state index contributed by atoms with van der Waals surface area (Å²) in [5, 5.41) is 10.8. The lowest BCUT2D eigenvalue weighted by Gasteiger charge is -2.20. The first-order chi connectivity index (χ1) is 9.13. The molecule has 1 aromatic rings. The molecule has 0 aliphatic heterocycles. The van der Waals surface area contributed by atoms with Crippen molar-refractivity contribution in [1.29, 1.82) is 0 Å². The standard InChI is InChI=1S/C14H19NO4/c1-18-12-6-3-10(7-13(12)19-2)8-15(9-14(16)17)11-4-5-11/h3,6-7,11H,4-5,8-9H2,1-2H3,(H,16,17). The fourth-order valence-electron chi connectivity index (χ4n) is 2.28. The van der Waals surface area contributed by atoms with Crippen molar-refractivity contribution >= 4 is 5.97 Å². The minimum Gasteiger partial charge on any atom is -0.544 e. The molecular formula is C14H19NO4. The molecule has 0 radical (unpaired) electrons. The van der Waals surface area contributed by atoms with Gasteiger partial charge in [0.15, 0.2) is 11.5 Å². The summed E-state index contributed by atoms with van der Waals surface area (Å²) in [6.45, 7) is 0.720. The number of hydrogen-bond donors (Lipinski definition) is 1. The van der Waals surface area contributed by atoms with Crippen LogP contribution in [0.25, 0.3) is 0 Å². The van der Waals surface area contributed by atoms with E-state index in [0.29, 0.717) is 24.1 Å². The quantitative estimate of drug-likeness (QED) is 0.687. The predicted molar refractivity (Wildman–Crippen MR) is 67.1 cm³/mol. The van der Waals surface area contributed by atoms with Crippen molar-refractivity contribution < 1.29 is 24.3 Å². The van der Waals surface area contributed by atoms with Crippen LogP contribution in [-0.4, -0.2) is 32.8 Å². The Balaban J connectivity index is 2.10. The van der Waals surface area contributed by atoms with Gasteiger partial charge in [0.2, 0.25) is 0 Å². The van der Waals surface area contributed by atoms with Crippen molar-refractivity contribution in [2.24, 2.45) is 0 Å². The summed E-state index contributed by atoms with van der Waals surface area (Å²) in [6.07, 6.45) is 2.19. The molecule has 1 aliphatic carbocycles. The van der Waals surface area contributed by atoms with Gasteiger partial charge in [-0.1, -0.05) is 0 Å². The van der Waals surface area contributed by atoms with Gasteiger partial charge in [-0.15, -0.1) is 0 Å². The zero-order valence-electron chi connectivity index (χ0n) is 11.3. The second kappa shape index (κ2) is 5.93. The van der Waals surface area contributed by atoms with Crippen molar-refractivity contribution in [3.63, 3.8) is 0 Å². The number of methoxy groups -OCH3 is 2. The van der Waals surface area contributed by atoms with E-state index in [-0.39, 0.29) is 6.54 Å². The number of quaternary nitrogens is 1. The van der Waals surface area contributed by atoms with Crippen LogP contribution in [0.1, 0.15) is 18.4 Å². The van der Waals surface area contributed by atoms with Crippen LogP contribution in [-0.2, 0) is 11.3 Å². The molecule has 5 nitrogen and oxygen atoms in total. The van der Waals surface area contributed by atoms with Crippen LogP contribution in [0, 0.1) is 0 Å². The summed E-state index contributed by atoms with van der Waals surface area (Å²) in [5.41, 5.74) is 1.04. The summed E-state index contributed by atoms with van der Waals surface area (Å²) in [7, 11) is 3.18. The lowest BCUT2D eigenvalue weighted by molar-refractivity contribution is -0.919. The van der Waals surface area contributed by atoms with Crippen LogP contribution in [0.4, 0.5) is 0 Å². The number of carbonyl (C=O) groups excluding carboxylic acids is 1. The molecule has 0 aromatic heterocycles. The normalized spacial score (nSPS) is 15.9. The summed E-state index contributed by atoms with van der Waals surface area (Å²) in [5.74, 6) is 0.352. The minimum atomic E-state index is -0.998. The highest BCUT2D eigenvalue weighted by Crippen LogP contribution is 2.27. The van der Waals surface area contributed by atoms with Gasteiger partial charge in [-0.05, 0) is 18.2 Å². The first-order valence-electron chi connectivity index (χ1n) is 6.39. The first kappa shape index (κ1) is 13.7. The second-order valence-electron chi connectivity index (χ2n) is 4.85. The van der Waals surface area contributed by atoms with E-state index in [4.69, 9.17) is 9.47 Å². The van der Waals surface area contributed by atoms with E-state index in [9.17, 15) is 9.90 Å². The molecule has 5 heteroatoms. The molecule has 0 saturated heterocycles. The SMILES string of the molecule is COc1ccc(C[NH+](CC(=O)[O-])C2CC2)cc1OC. The summed E-state index contributed by atoms with van der Waals surface area (Å²) in [6, 6.07) is 6.14. The van der Waals surface area contributed by atoms with E-state index in [1.807, 2.05) is 18.2 Å². The monoisotopic (exact) mass is 265 g/mol. The largest absolute Gasteiger partial charge is 0.544 e. The van der Waals surface area contributed by atoms with E-state index >= 15 is 0 Å². The third kappa shape index (κ3) is 3.61. The van der Waals surface area contributed by atoms with Crippen molar-refractivity contribution in [3.05, 3.63) is 23.8 Å². The molecule has 1 atom stereocenters. The van der Waals surface area contributed by atoms with Gasteiger partial charge in [0.05, 0.1) is 26.2 Å². The van der Waals surface area contributed by atoms with E-state index < -0.39 is 5.97 Å². The maximum Gasteiger partial charge on any atom is 0.161 e. The molecule has 1 unspecified atom stereocenters. The molecule has 104 valence electrons. The van der Waals surface area contributed by atoms with Gasteiger partial charge in [0.25, 0.3) is 0 Å². The van der Waals surface area contributed by atoms with Gasteiger partial charge in [0, 0.05) is 18.4 Å². The van der Waals surface area contributed by atoms with Gasteiger partial charge < -0.3 is 24.3 Å². The predicted octanol–water partition coefficient (Wildman–Crippen LogP) is -0.999. The third-order valence-corrected chi connectivity index (χ3v) is 3.41. The van der Waals surface area contributed by atoms with Gasteiger partial charge in [0.1, 0.15) is 13.1 Å². The fraction of sp³-hybridized carbons (Fsp3) is 0.500. The Hall–Kier alpha value is -1.75. The van der Waals surface area contributed by atoms with Gasteiger partial charge in [-0.25, -0.2) is 0 Å². The molecule has 1 saturated carbocycles. The Labute approximate surface area is 112 Å². The van der Waals surface area contributed by atoms with E-state index in [1.165, 1.54) is 0 Å². The Bertz CT molecular complexity index is 457. The second-order valence-corrected chi connectivity index (χ2v) is 4.85. The van der Waals surface area contributed by atoms with E-state index in [2.05, 4.69) is 0 Å². The Morgan fingerprint density at radius 2 is 2.00 bits per heavy atom. The van der Waals surface area contributed by atoms with Crippen LogP contribution in [0.2, 0.25) is 0 Å². The molecule has 1 N–H and O–H groups in total. The number of carbonyl (C=O) groups is 1. The van der Waals surface area contributed by atoms with E-state index in [1.54, 1.807) is 14.2 Å². The number of nitrogens with one attached hydrogen (secondary N) is 1. The number of ether oxygens (including phenoxy) is 2. The van der Waals surface area contributed by atoms with Crippen LogP contribution in [0.3, 0.4) is 0 Å². The summed E-state index contributed by atoms with van der Waals surface area (Å²) < 4.78 is 10.4. The lowest BCUT2D eigenvalue weighted by Crippen LogP contribution is -3.13. The Morgan fingerprint density at radius 3 is 2.53 bits per heavy atom. The average molecular weight is 265 g/mol. The number of rotatable bonds is 7. The number of aliphatic carboxylic acids is 1. The zero-order valence-corrected chi connectivity index (χ0v) is 11.3. The molecule has 19 heavy (non-hydrogen) atoms. The van der Waals surface area contributed by atoms with Crippen LogP contribution < -0.4 is 19.5 Å². The summed E-state index contributed by atoms with van der Waals surface area (Å²) in [4.78, 5) is 11.8. The minimum absolute atomic E-state index is 0.0546. The highest BCUT2D eigenvalue weighted by atomic mass is 16.5. The number of hydrogen-bond acceptors (Lipinski definition) is 4. The molecule has 0 heterocycles. The summed E-state index contributed by atoms with van der Waals surface area (Å²) >= 11 is 0. The number of carboxylic acid groups (broad SMARTS) is 1. The van der Waals surface area contributed by atoms with Crippen molar-refractivity contribution in [3.8, 4) is 11.5 Å². The zero-order chi connectivity index (χ0) is 13.8. The lowest BCUT2D eigenvalue weighted by atomic mass is 10.2. The van der Waals surface area contributed by atoms with Crippen molar-refractivity contribution in [1.82, 2.24) is 0 Å². The average Bonchev–Trinajstić information content (AvgIpc) is 3.21. The third-order valence-electron chi connectivity index (χ3n) is 3.41. The smallest absolute Gasteiger partial charge is 0.161 e. The maximum absolute atomic E-state index is 10.8. The van der Waals surface area contributed by atoms with Gasteiger partial charge in [-0.2, -0.15) is 0 Å². The maximum atomic E-state index is 10.8. The van der Waals surface area contributed by atoms with E-state index in [0.717, 1.165) is 23.3 Å². The number of carboxylic acids is 1. The highest BCUT2D eigenvalue weighted by molar-refractivity contribution is 5.65. The Morgan fingerprint density at radius 1 is 1.32 bits per heavy atom. The Kier molecular flexibility index (Phi) is 4.27. The first-order valence-corrected chi connectivity index (χ1v) is 6.39. The van der Waals surface area contributed by atoms with Crippen LogP contribution in [0.15, 0.2) is 18.2 Å². The molecule has 0 bridgehead atoms.